The highest BCUT2D eigenvalue weighted by Gasteiger charge is 2.64. The molecule has 0 aromatic heterocycles. The minimum absolute atomic E-state index is 0.0327. The summed E-state index contributed by atoms with van der Waals surface area (Å²) < 4.78 is 13.1. The lowest BCUT2D eigenvalue weighted by Gasteiger charge is -2.35. The van der Waals surface area contributed by atoms with Crippen LogP contribution >= 0.6 is 22.6 Å². The van der Waals surface area contributed by atoms with E-state index in [9.17, 15) is 0 Å². The van der Waals surface area contributed by atoms with Gasteiger partial charge in [-0.3, -0.25) is 0 Å². The molecule has 0 spiro atoms. The summed E-state index contributed by atoms with van der Waals surface area (Å²) in [5.41, 5.74) is 1.27. The zero-order valence-electron chi connectivity index (χ0n) is 12.1. The molecule has 0 amide bonds. The highest BCUT2D eigenvalue weighted by Crippen LogP contribution is 2.57. The average Bonchev–Trinajstić information content (AvgIpc) is 2.66. The molecule has 0 aromatic rings. The maximum atomic E-state index is 6.44. The van der Waals surface area contributed by atoms with E-state index in [2.05, 4.69) is 63.3 Å². The van der Waals surface area contributed by atoms with E-state index in [1.807, 2.05) is 0 Å². The number of fused-ring (bicyclic) bond motifs is 2. The fourth-order valence-corrected chi connectivity index (χ4v) is 5.20. The van der Waals surface area contributed by atoms with Crippen molar-refractivity contribution in [1.82, 2.24) is 0 Å². The smallest absolute Gasteiger partial charge is 0.0935 e. The lowest BCUT2D eigenvalue weighted by atomic mass is 9.75. The van der Waals surface area contributed by atoms with E-state index in [0.29, 0.717) is 16.4 Å². The summed E-state index contributed by atoms with van der Waals surface area (Å²) in [7, 11) is 0. The summed E-state index contributed by atoms with van der Waals surface area (Å²) in [5.74, 6) is 0.554. The second-order valence-electron chi connectivity index (χ2n) is 6.50. The summed E-state index contributed by atoms with van der Waals surface area (Å²) in [6, 6.07) is 0. The number of hydrogen-bond acceptors (Lipinski definition) is 2. The van der Waals surface area contributed by atoms with Crippen LogP contribution in [0.4, 0.5) is 0 Å². The Bertz CT molecular complexity index is 348. The zero-order valence-corrected chi connectivity index (χ0v) is 14.3. The Kier molecular flexibility index (Phi) is 4.16. The molecule has 2 heterocycles. The van der Waals surface area contributed by atoms with Crippen molar-refractivity contribution in [2.45, 2.75) is 68.7 Å². The molecule has 18 heavy (non-hydrogen) atoms. The summed E-state index contributed by atoms with van der Waals surface area (Å²) in [4.78, 5) is 0. The number of ether oxygens (including phenoxy) is 2. The first-order chi connectivity index (χ1) is 8.30. The number of rotatable bonds is 4. The summed E-state index contributed by atoms with van der Waals surface area (Å²) in [5, 5.41) is 0. The van der Waals surface area contributed by atoms with Gasteiger partial charge in [0.25, 0.3) is 0 Å². The highest BCUT2D eigenvalue weighted by molar-refractivity contribution is 14.1. The van der Waals surface area contributed by atoms with E-state index in [4.69, 9.17) is 9.47 Å². The molecule has 0 aliphatic carbocycles. The molecular formula is C15H25IO2. The predicted molar refractivity (Wildman–Crippen MR) is 83.3 cm³/mol. The Morgan fingerprint density at radius 3 is 2.61 bits per heavy atom. The minimum atomic E-state index is -0.0778. The number of halogens is 1. The van der Waals surface area contributed by atoms with Crippen LogP contribution in [0.2, 0.25) is 0 Å². The van der Waals surface area contributed by atoms with Crippen molar-refractivity contribution in [2.24, 2.45) is 5.92 Å². The number of alkyl halides is 1. The molecule has 0 radical (unpaired) electrons. The number of allylic oxidation sites excluding steroid dienone is 1. The van der Waals surface area contributed by atoms with Gasteiger partial charge >= 0.3 is 0 Å². The molecule has 2 saturated heterocycles. The summed E-state index contributed by atoms with van der Waals surface area (Å²) in [6.07, 6.45) is 4.57. The molecule has 0 aromatic carbocycles. The predicted octanol–water partition coefficient (Wildman–Crippen LogP) is 4.12. The molecule has 104 valence electrons. The van der Waals surface area contributed by atoms with E-state index < -0.39 is 0 Å². The molecule has 2 aliphatic heterocycles. The second-order valence-corrected chi connectivity index (χ2v) is 8.01. The monoisotopic (exact) mass is 364 g/mol. The van der Waals surface area contributed by atoms with Crippen molar-refractivity contribution in [3.8, 4) is 0 Å². The maximum absolute atomic E-state index is 6.44. The van der Waals surface area contributed by atoms with Gasteiger partial charge in [0, 0.05) is 10.3 Å². The molecule has 2 fully saturated rings. The Balaban J connectivity index is 2.07. The summed E-state index contributed by atoms with van der Waals surface area (Å²) >= 11 is 2.57. The van der Waals surface area contributed by atoms with Gasteiger partial charge in [-0.2, -0.15) is 0 Å². The van der Waals surface area contributed by atoms with Crippen LogP contribution in [0.15, 0.2) is 11.6 Å². The van der Waals surface area contributed by atoms with Crippen LogP contribution < -0.4 is 0 Å². The molecule has 2 nitrogen and oxygen atoms in total. The Morgan fingerprint density at radius 1 is 1.44 bits per heavy atom. The quantitative estimate of drug-likeness (QED) is 0.425. The third-order valence-electron chi connectivity index (χ3n) is 4.49. The van der Waals surface area contributed by atoms with Gasteiger partial charge in [0.05, 0.1) is 23.9 Å². The third-order valence-corrected chi connectivity index (χ3v) is 5.98. The molecule has 3 heteroatoms. The van der Waals surface area contributed by atoms with Gasteiger partial charge in [-0.05, 0) is 33.1 Å². The van der Waals surface area contributed by atoms with Gasteiger partial charge < -0.3 is 9.47 Å². The van der Waals surface area contributed by atoms with Gasteiger partial charge in [-0.25, -0.2) is 0 Å². The van der Waals surface area contributed by atoms with Gasteiger partial charge in [0.15, 0.2) is 0 Å². The zero-order chi connectivity index (χ0) is 13.6. The molecule has 0 unspecified atom stereocenters. The van der Waals surface area contributed by atoms with Crippen molar-refractivity contribution in [1.29, 1.82) is 0 Å². The fraction of sp³-hybridized carbons (Fsp3) is 0.867. The first-order valence-corrected chi connectivity index (χ1v) is 8.14. The van der Waals surface area contributed by atoms with Crippen LogP contribution in [0, 0.1) is 5.92 Å². The second kappa shape index (κ2) is 5.06. The SMILES string of the molecule is CC(C)=CCO[C@H]1C[C@@]2(C(C)C)O[C@]1(C)C[C@H]2I. The van der Waals surface area contributed by atoms with Gasteiger partial charge in [0.1, 0.15) is 0 Å². The topological polar surface area (TPSA) is 18.5 Å². The largest absolute Gasteiger partial charge is 0.371 e. The van der Waals surface area contributed by atoms with Gasteiger partial charge in [-0.1, -0.05) is 48.1 Å². The molecule has 2 aliphatic rings. The van der Waals surface area contributed by atoms with Crippen molar-refractivity contribution in [3.63, 3.8) is 0 Å². The number of hydrogen-bond donors (Lipinski definition) is 0. The molecule has 2 rings (SSSR count). The normalized spacial score (nSPS) is 42.6. The molecule has 4 atom stereocenters. The van der Waals surface area contributed by atoms with Crippen LogP contribution in [0.3, 0.4) is 0 Å². The molecule has 0 saturated carbocycles. The first kappa shape index (κ1) is 14.8. The maximum Gasteiger partial charge on any atom is 0.0935 e. The van der Waals surface area contributed by atoms with Crippen molar-refractivity contribution >= 4 is 22.6 Å². The van der Waals surface area contributed by atoms with Crippen LogP contribution in [0.25, 0.3) is 0 Å². The first-order valence-electron chi connectivity index (χ1n) is 6.89. The van der Waals surface area contributed by atoms with E-state index in [0.717, 1.165) is 12.8 Å². The molecule has 2 bridgehead atoms. The standard InChI is InChI=1S/C15H25IO2/c1-10(2)6-7-17-13-9-15(11(3)4)12(16)8-14(13,5)18-15/h6,11-13H,7-9H2,1-5H3/t12-,13+,14-,15+/m1/s1. The van der Waals surface area contributed by atoms with Crippen LogP contribution in [-0.2, 0) is 9.47 Å². The van der Waals surface area contributed by atoms with Gasteiger partial charge in [-0.15, -0.1) is 0 Å². The Morgan fingerprint density at radius 2 is 2.11 bits per heavy atom. The van der Waals surface area contributed by atoms with Crippen LogP contribution in [-0.4, -0.2) is 27.8 Å². The van der Waals surface area contributed by atoms with Crippen molar-refractivity contribution < 1.29 is 9.47 Å². The van der Waals surface area contributed by atoms with Gasteiger partial charge in [0.2, 0.25) is 0 Å². The Hall–Kier alpha value is 0.390. The van der Waals surface area contributed by atoms with E-state index >= 15 is 0 Å². The van der Waals surface area contributed by atoms with E-state index in [1.54, 1.807) is 0 Å². The third kappa shape index (κ3) is 2.38. The van der Waals surface area contributed by atoms with Crippen molar-refractivity contribution in [2.75, 3.05) is 6.61 Å². The van der Waals surface area contributed by atoms with E-state index in [1.165, 1.54) is 5.57 Å². The lowest BCUT2D eigenvalue weighted by Crippen LogP contribution is -2.44. The van der Waals surface area contributed by atoms with Crippen LogP contribution in [0.1, 0.15) is 47.5 Å². The lowest BCUT2D eigenvalue weighted by molar-refractivity contribution is -0.0890. The van der Waals surface area contributed by atoms with Crippen molar-refractivity contribution in [3.05, 3.63) is 11.6 Å². The van der Waals surface area contributed by atoms with E-state index in [-0.39, 0.29) is 17.3 Å². The fourth-order valence-electron chi connectivity index (χ4n) is 3.22. The highest BCUT2D eigenvalue weighted by atomic mass is 127. The molecular weight excluding hydrogens is 339 g/mol. The Labute approximate surface area is 125 Å². The van der Waals surface area contributed by atoms with Crippen LogP contribution in [0.5, 0.6) is 0 Å². The minimum Gasteiger partial charge on any atom is -0.371 e. The average molecular weight is 364 g/mol. The molecule has 0 N–H and O–H groups in total. The summed E-state index contributed by atoms with van der Waals surface area (Å²) in [6.45, 7) is 11.7.